The summed E-state index contributed by atoms with van der Waals surface area (Å²) in [5.41, 5.74) is 1.98. The first-order valence-electron chi connectivity index (χ1n) is 8.51. The van der Waals surface area contributed by atoms with Crippen LogP contribution in [0.25, 0.3) is 0 Å². The highest BCUT2D eigenvalue weighted by atomic mass is 32.2. The van der Waals surface area contributed by atoms with Crippen molar-refractivity contribution in [2.45, 2.75) is 64.2 Å². The molecule has 0 saturated heterocycles. The highest BCUT2D eigenvalue weighted by Crippen LogP contribution is 2.28. The molecule has 1 unspecified atom stereocenters. The molecule has 1 atom stereocenters. The zero-order valence-corrected chi connectivity index (χ0v) is 15.0. The molecule has 0 aromatic carbocycles. The number of aryl methyl sites for hydroxylation is 2. The lowest BCUT2D eigenvalue weighted by Gasteiger charge is -2.30. The average molecular weight is 340 g/mol. The number of carbonyl (C=O) groups is 1. The molecule has 130 valence electrons. The molecular formula is C17H28N2O3S. The van der Waals surface area contributed by atoms with Gasteiger partial charge in [0.15, 0.2) is 0 Å². The van der Waals surface area contributed by atoms with Gasteiger partial charge in [0.1, 0.15) is 5.76 Å². The van der Waals surface area contributed by atoms with Crippen molar-refractivity contribution in [3.63, 3.8) is 0 Å². The average Bonchev–Trinajstić information content (AvgIpc) is 2.87. The number of nitrogens with one attached hydrogen (secondary N) is 1. The predicted octanol–water partition coefficient (Wildman–Crippen LogP) is 2.97. The minimum atomic E-state index is 0.0609. The summed E-state index contributed by atoms with van der Waals surface area (Å²) in [6.45, 7) is 3.96. The first-order valence-corrected chi connectivity index (χ1v) is 9.67. The molecule has 1 aromatic heterocycles. The maximum atomic E-state index is 12.2. The predicted molar refractivity (Wildman–Crippen MR) is 92.3 cm³/mol. The van der Waals surface area contributed by atoms with Gasteiger partial charge in [-0.2, -0.15) is 0 Å². The number of hydrogen-bond donors (Lipinski definition) is 2. The second-order valence-corrected chi connectivity index (χ2v) is 7.37. The van der Waals surface area contributed by atoms with Crippen molar-refractivity contribution >= 4 is 17.7 Å². The van der Waals surface area contributed by atoms with Crippen LogP contribution in [0.15, 0.2) is 4.52 Å². The molecule has 0 aliphatic heterocycles. The quantitative estimate of drug-likeness (QED) is 0.761. The van der Waals surface area contributed by atoms with Crippen molar-refractivity contribution in [3.05, 3.63) is 17.0 Å². The van der Waals surface area contributed by atoms with E-state index in [1.807, 2.05) is 13.8 Å². The third-order valence-electron chi connectivity index (χ3n) is 4.67. The van der Waals surface area contributed by atoms with E-state index in [4.69, 9.17) is 4.52 Å². The molecule has 5 nitrogen and oxygen atoms in total. The molecule has 0 radical (unpaired) electrons. The van der Waals surface area contributed by atoms with Crippen LogP contribution in [-0.4, -0.2) is 34.6 Å². The Bertz CT molecular complexity index is 479. The molecule has 1 heterocycles. The van der Waals surface area contributed by atoms with Crippen molar-refractivity contribution < 1.29 is 14.4 Å². The van der Waals surface area contributed by atoms with Crippen LogP contribution in [-0.2, 0) is 10.5 Å². The largest absolute Gasteiger partial charge is 0.396 e. The number of thioether (sulfide) groups is 1. The fourth-order valence-corrected chi connectivity index (χ4v) is 4.29. The number of carbonyl (C=O) groups excluding carboxylic acids is 1. The molecule has 0 spiro atoms. The number of aliphatic hydroxyl groups is 1. The van der Waals surface area contributed by atoms with E-state index >= 15 is 0 Å². The number of aliphatic hydroxyl groups excluding tert-OH is 1. The van der Waals surface area contributed by atoms with Crippen LogP contribution in [0.3, 0.4) is 0 Å². The third-order valence-corrected chi connectivity index (χ3v) is 5.63. The smallest absolute Gasteiger partial charge is 0.230 e. The number of aromatic nitrogens is 1. The Morgan fingerprint density at radius 2 is 2.13 bits per heavy atom. The number of nitrogens with zero attached hydrogens (tertiary/aromatic N) is 1. The Hall–Kier alpha value is -1.01. The summed E-state index contributed by atoms with van der Waals surface area (Å²) in [6, 6.07) is 0.118. The van der Waals surface area contributed by atoms with Gasteiger partial charge in [0, 0.05) is 24.0 Å². The first kappa shape index (κ1) is 18.3. The van der Waals surface area contributed by atoms with Crippen molar-refractivity contribution in [1.82, 2.24) is 10.5 Å². The van der Waals surface area contributed by atoms with Crippen LogP contribution < -0.4 is 5.32 Å². The molecule has 1 aliphatic carbocycles. The lowest BCUT2D eigenvalue weighted by molar-refractivity contribution is -0.119. The monoisotopic (exact) mass is 340 g/mol. The Balaban J connectivity index is 1.77. The number of hydrogen-bond acceptors (Lipinski definition) is 5. The summed E-state index contributed by atoms with van der Waals surface area (Å²) in [6.07, 6.45) is 6.76. The second kappa shape index (κ2) is 9.33. The normalized spacial score (nSPS) is 17.2. The van der Waals surface area contributed by atoms with E-state index in [0.717, 1.165) is 35.6 Å². The Labute approximate surface area is 142 Å². The van der Waals surface area contributed by atoms with E-state index in [1.165, 1.54) is 19.3 Å². The Morgan fingerprint density at radius 1 is 1.39 bits per heavy atom. The fourth-order valence-electron chi connectivity index (χ4n) is 3.30. The summed E-state index contributed by atoms with van der Waals surface area (Å²) in [7, 11) is 0. The SMILES string of the molecule is Cc1noc(C)c1CSCC(=O)NC(CCO)C1CCCCC1. The van der Waals surface area contributed by atoms with E-state index in [0.29, 0.717) is 18.1 Å². The van der Waals surface area contributed by atoms with Crippen molar-refractivity contribution in [1.29, 1.82) is 0 Å². The summed E-state index contributed by atoms with van der Waals surface area (Å²) in [5.74, 6) is 2.58. The van der Waals surface area contributed by atoms with Gasteiger partial charge in [0.05, 0.1) is 11.4 Å². The molecule has 1 amide bonds. The second-order valence-electron chi connectivity index (χ2n) is 6.38. The number of amides is 1. The maximum Gasteiger partial charge on any atom is 0.230 e. The molecule has 2 rings (SSSR count). The lowest BCUT2D eigenvalue weighted by atomic mass is 9.83. The topological polar surface area (TPSA) is 75.4 Å². The van der Waals surface area contributed by atoms with Crippen LogP contribution in [0.5, 0.6) is 0 Å². The molecule has 1 saturated carbocycles. The van der Waals surface area contributed by atoms with Gasteiger partial charge < -0.3 is 14.9 Å². The summed E-state index contributed by atoms with van der Waals surface area (Å²) >= 11 is 1.58. The molecule has 2 N–H and O–H groups in total. The lowest BCUT2D eigenvalue weighted by Crippen LogP contribution is -2.42. The van der Waals surface area contributed by atoms with Crippen molar-refractivity contribution in [2.24, 2.45) is 5.92 Å². The zero-order valence-electron chi connectivity index (χ0n) is 14.1. The van der Waals surface area contributed by atoms with E-state index in [2.05, 4.69) is 10.5 Å². The highest BCUT2D eigenvalue weighted by Gasteiger charge is 2.24. The molecule has 23 heavy (non-hydrogen) atoms. The summed E-state index contributed by atoms with van der Waals surface area (Å²) in [5, 5.41) is 16.3. The molecule has 1 fully saturated rings. The molecule has 0 bridgehead atoms. The van der Waals surface area contributed by atoms with E-state index in [-0.39, 0.29) is 18.6 Å². The highest BCUT2D eigenvalue weighted by molar-refractivity contribution is 7.99. The van der Waals surface area contributed by atoms with Gasteiger partial charge in [-0.3, -0.25) is 4.79 Å². The van der Waals surface area contributed by atoms with Crippen molar-refractivity contribution in [3.8, 4) is 0 Å². The van der Waals surface area contributed by atoms with Gasteiger partial charge in [0.2, 0.25) is 5.91 Å². The molecule has 6 heteroatoms. The minimum Gasteiger partial charge on any atom is -0.396 e. The van der Waals surface area contributed by atoms with E-state index < -0.39 is 0 Å². The van der Waals surface area contributed by atoms with Gasteiger partial charge in [-0.05, 0) is 39.0 Å². The van der Waals surface area contributed by atoms with Crippen LogP contribution in [0, 0.1) is 19.8 Å². The van der Waals surface area contributed by atoms with Crippen molar-refractivity contribution in [2.75, 3.05) is 12.4 Å². The molecular weight excluding hydrogens is 312 g/mol. The van der Waals surface area contributed by atoms with Crippen LogP contribution in [0.4, 0.5) is 0 Å². The molecule has 1 aromatic rings. The maximum absolute atomic E-state index is 12.2. The first-order chi connectivity index (χ1) is 11.1. The zero-order chi connectivity index (χ0) is 16.7. The fraction of sp³-hybridized carbons (Fsp3) is 0.765. The van der Waals surface area contributed by atoms with Crippen LogP contribution >= 0.6 is 11.8 Å². The van der Waals surface area contributed by atoms with Gasteiger partial charge in [0.25, 0.3) is 0 Å². The summed E-state index contributed by atoms with van der Waals surface area (Å²) in [4.78, 5) is 12.2. The van der Waals surface area contributed by atoms with Gasteiger partial charge >= 0.3 is 0 Å². The van der Waals surface area contributed by atoms with Crippen LogP contribution in [0.2, 0.25) is 0 Å². The minimum absolute atomic E-state index is 0.0609. The van der Waals surface area contributed by atoms with E-state index in [1.54, 1.807) is 11.8 Å². The van der Waals surface area contributed by atoms with Gasteiger partial charge in [-0.1, -0.05) is 24.4 Å². The Kier molecular flexibility index (Phi) is 7.43. The van der Waals surface area contributed by atoms with E-state index in [9.17, 15) is 9.90 Å². The van der Waals surface area contributed by atoms with Gasteiger partial charge in [-0.25, -0.2) is 0 Å². The van der Waals surface area contributed by atoms with Gasteiger partial charge in [-0.15, -0.1) is 11.8 Å². The standard InChI is InChI=1S/C17H28N2O3S/c1-12-15(13(2)22-19-12)10-23-11-17(21)18-16(8-9-20)14-6-4-3-5-7-14/h14,16,20H,3-11H2,1-2H3,(H,18,21). The number of rotatable bonds is 8. The Morgan fingerprint density at radius 3 is 2.74 bits per heavy atom. The third kappa shape index (κ3) is 5.53. The van der Waals surface area contributed by atoms with Crippen LogP contribution in [0.1, 0.15) is 55.5 Å². The summed E-state index contributed by atoms with van der Waals surface area (Å²) < 4.78 is 5.14. The molecule has 1 aliphatic rings.